The Morgan fingerprint density at radius 2 is 1.70 bits per heavy atom. The number of benzene rings is 2. The number of nitrogens with zero attached hydrogens (tertiary/aromatic N) is 1. The molecule has 0 bridgehead atoms. The second kappa shape index (κ2) is 12.3. The van der Waals surface area contributed by atoms with E-state index in [4.69, 9.17) is 4.74 Å². The fourth-order valence-electron chi connectivity index (χ4n) is 2.88. The van der Waals surface area contributed by atoms with E-state index in [2.05, 4.69) is 5.32 Å². The number of methoxy groups -OCH3 is 1. The summed E-state index contributed by atoms with van der Waals surface area (Å²) >= 11 is 1.65. The van der Waals surface area contributed by atoms with Crippen LogP contribution in [0.3, 0.4) is 0 Å². The molecule has 0 aromatic heterocycles. The van der Waals surface area contributed by atoms with Gasteiger partial charge >= 0.3 is 0 Å². The fourth-order valence-corrected chi connectivity index (χ4v) is 3.74. The van der Waals surface area contributed by atoms with Crippen LogP contribution in [0.4, 0.5) is 0 Å². The van der Waals surface area contributed by atoms with E-state index in [1.807, 2.05) is 68.4 Å². The van der Waals surface area contributed by atoms with Gasteiger partial charge in [-0.1, -0.05) is 44.2 Å². The highest BCUT2D eigenvalue weighted by Gasteiger charge is 2.26. The highest BCUT2D eigenvalue weighted by Crippen LogP contribution is 2.20. The largest absolute Gasteiger partial charge is 0.497 e. The zero-order valence-corrected chi connectivity index (χ0v) is 19.1. The van der Waals surface area contributed by atoms with Gasteiger partial charge < -0.3 is 15.0 Å². The zero-order chi connectivity index (χ0) is 21.9. The van der Waals surface area contributed by atoms with Gasteiger partial charge in [-0.2, -0.15) is 0 Å². The van der Waals surface area contributed by atoms with Crippen molar-refractivity contribution >= 4 is 23.6 Å². The van der Waals surface area contributed by atoms with Gasteiger partial charge in [0.15, 0.2) is 0 Å². The van der Waals surface area contributed by atoms with Gasteiger partial charge in [0.1, 0.15) is 11.8 Å². The van der Waals surface area contributed by atoms with Crippen LogP contribution < -0.4 is 10.1 Å². The molecule has 0 fully saturated rings. The first-order chi connectivity index (χ1) is 14.4. The maximum absolute atomic E-state index is 13.1. The van der Waals surface area contributed by atoms with Crippen LogP contribution in [0.25, 0.3) is 0 Å². The van der Waals surface area contributed by atoms with Crippen LogP contribution >= 0.6 is 11.8 Å². The number of nitrogens with one attached hydrogen (secondary N) is 1. The Bertz CT molecular complexity index is 794. The number of carbonyl (C=O) groups is 2. The molecule has 1 N–H and O–H groups in total. The first kappa shape index (κ1) is 23.8. The molecule has 5 nitrogen and oxygen atoms in total. The van der Waals surface area contributed by atoms with Crippen LogP contribution in [0.15, 0.2) is 59.5 Å². The number of thioether (sulfide) groups is 1. The Morgan fingerprint density at radius 3 is 2.30 bits per heavy atom. The topological polar surface area (TPSA) is 58.6 Å². The third-order valence-corrected chi connectivity index (χ3v) is 5.71. The highest BCUT2D eigenvalue weighted by atomic mass is 32.2. The summed E-state index contributed by atoms with van der Waals surface area (Å²) < 4.78 is 5.21. The molecule has 6 heteroatoms. The Labute approximate surface area is 184 Å². The summed E-state index contributed by atoms with van der Waals surface area (Å²) in [7, 11) is 1.62. The summed E-state index contributed by atoms with van der Waals surface area (Å²) in [6, 6.07) is 17.1. The SMILES string of the molecule is COc1ccc(CN(C(=O)CCSc2ccccc2)[C@@H](C)C(=O)NCC(C)C)cc1. The van der Waals surface area contributed by atoms with E-state index in [0.717, 1.165) is 16.2 Å². The average Bonchev–Trinajstić information content (AvgIpc) is 2.76. The molecule has 30 heavy (non-hydrogen) atoms. The molecule has 0 radical (unpaired) electrons. The molecular weight excluding hydrogens is 396 g/mol. The Hall–Kier alpha value is -2.47. The summed E-state index contributed by atoms with van der Waals surface area (Å²) in [5.41, 5.74) is 0.961. The van der Waals surface area contributed by atoms with Crippen LogP contribution in [-0.4, -0.2) is 42.2 Å². The number of carbonyl (C=O) groups excluding carboxylic acids is 2. The van der Waals surface area contributed by atoms with Gasteiger partial charge in [-0.15, -0.1) is 11.8 Å². The molecule has 0 unspecified atom stereocenters. The van der Waals surface area contributed by atoms with Gasteiger partial charge in [-0.3, -0.25) is 9.59 Å². The fraction of sp³-hybridized carbons (Fsp3) is 0.417. The minimum absolute atomic E-state index is 0.0264. The van der Waals surface area contributed by atoms with Crippen molar-refractivity contribution < 1.29 is 14.3 Å². The third kappa shape index (κ3) is 7.75. The van der Waals surface area contributed by atoms with Gasteiger partial charge in [0.25, 0.3) is 0 Å². The first-order valence-corrected chi connectivity index (χ1v) is 11.3. The quantitative estimate of drug-likeness (QED) is 0.540. The number of amides is 2. The van der Waals surface area contributed by atoms with Gasteiger partial charge in [-0.25, -0.2) is 0 Å². The molecule has 162 valence electrons. The highest BCUT2D eigenvalue weighted by molar-refractivity contribution is 7.99. The lowest BCUT2D eigenvalue weighted by atomic mass is 10.1. The van der Waals surface area contributed by atoms with E-state index >= 15 is 0 Å². The van der Waals surface area contributed by atoms with Crippen molar-refractivity contribution in [3.05, 3.63) is 60.2 Å². The smallest absolute Gasteiger partial charge is 0.242 e. The predicted molar refractivity (Wildman–Crippen MR) is 123 cm³/mol. The summed E-state index contributed by atoms with van der Waals surface area (Å²) in [4.78, 5) is 28.5. The summed E-state index contributed by atoms with van der Waals surface area (Å²) in [6.07, 6.45) is 0.373. The molecule has 1 atom stereocenters. The lowest BCUT2D eigenvalue weighted by molar-refractivity contribution is -0.140. The normalized spacial score (nSPS) is 11.8. The molecule has 0 heterocycles. The van der Waals surface area contributed by atoms with E-state index < -0.39 is 6.04 Å². The Kier molecular flexibility index (Phi) is 9.74. The van der Waals surface area contributed by atoms with E-state index in [1.54, 1.807) is 30.7 Å². The first-order valence-electron chi connectivity index (χ1n) is 10.3. The van der Waals surface area contributed by atoms with E-state index in [-0.39, 0.29) is 11.8 Å². The van der Waals surface area contributed by atoms with Crippen molar-refractivity contribution in [2.45, 2.75) is 44.7 Å². The van der Waals surface area contributed by atoms with Crippen LogP contribution in [0.5, 0.6) is 5.75 Å². The van der Waals surface area contributed by atoms with Gasteiger partial charge in [0.05, 0.1) is 7.11 Å². The molecule has 0 aliphatic heterocycles. The molecule has 2 rings (SSSR count). The monoisotopic (exact) mass is 428 g/mol. The molecule has 0 aliphatic carbocycles. The van der Waals surface area contributed by atoms with Crippen LogP contribution in [0.1, 0.15) is 32.8 Å². The van der Waals surface area contributed by atoms with Crippen molar-refractivity contribution in [3.8, 4) is 5.75 Å². The van der Waals surface area contributed by atoms with Crippen molar-refractivity contribution in [2.24, 2.45) is 5.92 Å². The molecule has 0 saturated heterocycles. The molecule has 2 amide bonds. The molecule has 2 aromatic carbocycles. The maximum atomic E-state index is 13.1. The standard InChI is InChI=1S/C24H32N2O3S/c1-18(2)16-25-24(28)19(3)26(17-20-10-12-21(29-4)13-11-20)23(27)14-15-30-22-8-6-5-7-9-22/h5-13,18-19H,14-17H2,1-4H3,(H,25,28)/t19-/m0/s1. The molecule has 0 spiro atoms. The second-order valence-electron chi connectivity index (χ2n) is 7.60. The van der Waals surface area contributed by atoms with Crippen LogP contribution in [-0.2, 0) is 16.1 Å². The van der Waals surface area contributed by atoms with Crippen molar-refractivity contribution in [1.29, 1.82) is 0 Å². The molecular formula is C24H32N2O3S. The maximum Gasteiger partial charge on any atom is 0.242 e. The number of rotatable bonds is 11. The summed E-state index contributed by atoms with van der Waals surface area (Å²) in [5.74, 6) is 1.64. The minimum atomic E-state index is -0.542. The predicted octanol–water partition coefficient (Wildman–Crippen LogP) is 4.37. The van der Waals surface area contributed by atoms with Gasteiger partial charge in [-0.05, 0) is 42.7 Å². The van der Waals surface area contributed by atoms with Crippen LogP contribution in [0.2, 0.25) is 0 Å². The number of hydrogen-bond donors (Lipinski definition) is 1. The third-order valence-electron chi connectivity index (χ3n) is 4.69. The summed E-state index contributed by atoms with van der Waals surface area (Å²) in [5, 5.41) is 2.95. The lowest BCUT2D eigenvalue weighted by Crippen LogP contribution is -2.48. The molecule has 0 saturated carbocycles. The average molecular weight is 429 g/mol. The Balaban J connectivity index is 2.05. The van der Waals surface area contributed by atoms with Crippen molar-refractivity contribution in [3.63, 3.8) is 0 Å². The van der Waals surface area contributed by atoms with Gasteiger partial charge in [0.2, 0.25) is 11.8 Å². The van der Waals surface area contributed by atoms with E-state index in [0.29, 0.717) is 31.2 Å². The second-order valence-corrected chi connectivity index (χ2v) is 8.76. The summed E-state index contributed by atoms with van der Waals surface area (Å²) in [6.45, 7) is 6.87. The van der Waals surface area contributed by atoms with Gasteiger partial charge in [0, 0.05) is 30.2 Å². The van der Waals surface area contributed by atoms with E-state index in [1.165, 1.54) is 0 Å². The lowest BCUT2D eigenvalue weighted by Gasteiger charge is -2.29. The van der Waals surface area contributed by atoms with Crippen molar-refractivity contribution in [1.82, 2.24) is 10.2 Å². The Morgan fingerprint density at radius 1 is 1.03 bits per heavy atom. The van der Waals surface area contributed by atoms with Crippen LogP contribution in [0, 0.1) is 5.92 Å². The molecule has 2 aromatic rings. The van der Waals surface area contributed by atoms with E-state index in [9.17, 15) is 9.59 Å². The molecule has 0 aliphatic rings. The van der Waals surface area contributed by atoms with Crippen molar-refractivity contribution in [2.75, 3.05) is 19.4 Å². The minimum Gasteiger partial charge on any atom is -0.497 e. The number of hydrogen-bond acceptors (Lipinski definition) is 4. The zero-order valence-electron chi connectivity index (χ0n) is 18.3. The number of ether oxygens (including phenoxy) is 1.